The zero-order valence-corrected chi connectivity index (χ0v) is 14.6. The summed E-state index contributed by atoms with van der Waals surface area (Å²) in [5, 5.41) is 2.17. The standard InChI is InChI=1S/C18H15F2N3O2S/c1-23-17(25)15(10-16(24)22-14-8-3-2-7-13(14)20)26-18(23)21-12-6-4-5-11(19)9-12/h2-9,15H,10H2,1H3,(H,22,24)/t15-/m1/s1. The van der Waals surface area contributed by atoms with E-state index in [1.54, 1.807) is 19.2 Å². The third kappa shape index (κ3) is 4.08. The minimum Gasteiger partial charge on any atom is -0.324 e. The van der Waals surface area contributed by atoms with Gasteiger partial charge < -0.3 is 5.32 Å². The van der Waals surface area contributed by atoms with E-state index in [0.717, 1.165) is 11.8 Å². The van der Waals surface area contributed by atoms with E-state index in [2.05, 4.69) is 10.3 Å². The van der Waals surface area contributed by atoms with Crippen molar-refractivity contribution in [2.45, 2.75) is 11.7 Å². The fourth-order valence-electron chi connectivity index (χ4n) is 2.39. The van der Waals surface area contributed by atoms with Gasteiger partial charge in [0.2, 0.25) is 11.8 Å². The van der Waals surface area contributed by atoms with Crippen LogP contribution in [0.25, 0.3) is 0 Å². The number of thioether (sulfide) groups is 1. The number of carbonyl (C=O) groups is 2. The molecule has 0 radical (unpaired) electrons. The summed E-state index contributed by atoms with van der Waals surface area (Å²) in [6.45, 7) is 0. The molecule has 2 amide bonds. The van der Waals surface area contributed by atoms with E-state index in [9.17, 15) is 18.4 Å². The van der Waals surface area contributed by atoms with Crippen LogP contribution in [0.4, 0.5) is 20.2 Å². The molecule has 1 aliphatic heterocycles. The summed E-state index contributed by atoms with van der Waals surface area (Å²) in [5.41, 5.74) is 0.443. The molecule has 0 aliphatic carbocycles. The lowest BCUT2D eigenvalue weighted by molar-refractivity contribution is -0.127. The monoisotopic (exact) mass is 375 g/mol. The summed E-state index contributed by atoms with van der Waals surface area (Å²) in [7, 11) is 1.54. The maximum absolute atomic E-state index is 13.6. The number of amides is 2. The average molecular weight is 375 g/mol. The highest BCUT2D eigenvalue weighted by Crippen LogP contribution is 2.31. The molecule has 0 unspecified atom stereocenters. The minimum absolute atomic E-state index is 0.0648. The predicted molar refractivity (Wildman–Crippen MR) is 97.3 cm³/mol. The molecule has 1 aliphatic rings. The molecule has 1 heterocycles. The Kier molecular flexibility index (Phi) is 5.32. The lowest BCUT2D eigenvalue weighted by Crippen LogP contribution is -2.30. The second-order valence-electron chi connectivity index (χ2n) is 5.61. The Morgan fingerprint density at radius 2 is 2.00 bits per heavy atom. The number of anilines is 1. The molecule has 2 aromatic rings. The molecular weight excluding hydrogens is 360 g/mol. The van der Waals surface area contributed by atoms with Crippen molar-refractivity contribution < 1.29 is 18.4 Å². The normalized spacial score (nSPS) is 18.4. The summed E-state index contributed by atoms with van der Waals surface area (Å²) in [4.78, 5) is 30.0. The molecule has 0 bridgehead atoms. The number of hydrogen-bond donors (Lipinski definition) is 1. The van der Waals surface area contributed by atoms with E-state index in [0.29, 0.717) is 10.9 Å². The van der Waals surface area contributed by atoms with Crippen LogP contribution in [0.15, 0.2) is 53.5 Å². The number of amidine groups is 1. The third-order valence-electron chi connectivity index (χ3n) is 3.69. The van der Waals surface area contributed by atoms with Crippen LogP contribution in [0.1, 0.15) is 6.42 Å². The number of halogens is 2. The van der Waals surface area contributed by atoms with E-state index in [1.165, 1.54) is 41.3 Å². The highest BCUT2D eigenvalue weighted by atomic mass is 32.2. The summed E-state index contributed by atoms with van der Waals surface area (Å²) < 4.78 is 26.9. The minimum atomic E-state index is -0.668. The van der Waals surface area contributed by atoms with E-state index in [-0.39, 0.29) is 18.0 Å². The van der Waals surface area contributed by atoms with Crippen LogP contribution >= 0.6 is 11.8 Å². The molecule has 0 saturated carbocycles. The molecule has 1 N–H and O–H groups in total. The summed E-state index contributed by atoms with van der Waals surface area (Å²) in [6, 6.07) is 11.5. The number of hydrogen-bond acceptors (Lipinski definition) is 4. The average Bonchev–Trinajstić information content (AvgIpc) is 2.85. The number of rotatable bonds is 4. The highest BCUT2D eigenvalue weighted by molar-refractivity contribution is 8.15. The van der Waals surface area contributed by atoms with Gasteiger partial charge in [-0.15, -0.1) is 0 Å². The highest BCUT2D eigenvalue weighted by Gasteiger charge is 2.37. The Balaban J connectivity index is 1.69. The van der Waals surface area contributed by atoms with Crippen molar-refractivity contribution in [1.29, 1.82) is 0 Å². The number of nitrogens with zero attached hydrogens (tertiary/aromatic N) is 2. The maximum Gasteiger partial charge on any atom is 0.242 e. The molecule has 1 fully saturated rings. The van der Waals surface area contributed by atoms with Gasteiger partial charge in [0.15, 0.2) is 5.17 Å². The zero-order chi connectivity index (χ0) is 18.7. The Hall–Kier alpha value is -2.74. The quantitative estimate of drug-likeness (QED) is 0.889. The molecule has 3 rings (SSSR count). The van der Waals surface area contributed by atoms with Gasteiger partial charge in [-0.25, -0.2) is 13.8 Å². The molecule has 0 spiro atoms. The number of benzene rings is 2. The first-order valence-electron chi connectivity index (χ1n) is 7.77. The lowest BCUT2D eigenvalue weighted by atomic mass is 10.2. The van der Waals surface area contributed by atoms with Crippen LogP contribution in [0.5, 0.6) is 0 Å². The van der Waals surface area contributed by atoms with Gasteiger partial charge in [0.05, 0.1) is 11.4 Å². The number of nitrogens with one attached hydrogen (secondary N) is 1. The number of para-hydroxylation sites is 1. The third-order valence-corrected chi connectivity index (χ3v) is 4.92. The Labute approximate surface area is 153 Å². The van der Waals surface area contributed by atoms with Gasteiger partial charge in [0.1, 0.15) is 16.9 Å². The van der Waals surface area contributed by atoms with Gasteiger partial charge in [0.25, 0.3) is 0 Å². The maximum atomic E-state index is 13.6. The van der Waals surface area contributed by atoms with Gasteiger partial charge in [-0.05, 0) is 30.3 Å². The molecule has 0 aromatic heterocycles. The Morgan fingerprint density at radius 1 is 1.23 bits per heavy atom. The van der Waals surface area contributed by atoms with Crippen molar-refractivity contribution in [2.24, 2.45) is 4.99 Å². The van der Waals surface area contributed by atoms with E-state index >= 15 is 0 Å². The van der Waals surface area contributed by atoms with Gasteiger partial charge in [0, 0.05) is 13.5 Å². The van der Waals surface area contributed by atoms with E-state index in [1.807, 2.05) is 0 Å². The van der Waals surface area contributed by atoms with Crippen LogP contribution in [0.3, 0.4) is 0 Å². The Morgan fingerprint density at radius 3 is 2.73 bits per heavy atom. The first-order chi connectivity index (χ1) is 12.4. The van der Waals surface area contributed by atoms with Crippen LogP contribution in [-0.4, -0.2) is 34.2 Å². The van der Waals surface area contributed by atoms with Crippen molar-refractivity contribution in [3.63, 3.8) is 0 Å². The van der Waals surface area contributed by atoms with Gasteiger partial charge in [-0.2, -0.15) is 0 Å². The van der Waals surface area contributed by atoms with Crippen LogP contribution < -0.4 is 5.32 Å². The molecule has 1 saturated heterocycles. The van der Waals surface area contributed by atoms with Crippen molar-refractivity contribution in [3.05, 3.63) is 60.2 Å². The van der Waals surface area contributed by atoms with Crippen LogP contribution in [0, 0.1) is 11.6 Å². The van der Waals surface area contributed by atoms with E-state index < -0.39 is 22.8 Å². The van der Waals surface area contributed by atoms with Crippen molar-refractivity contribution in [3.8, 4) is 0 Å². The largest absolute Gasteiger partial charge is 0.324 e. The molecular formula is C18H15F2N3O2S. The topological polar surface area (TPSA) is 61.8 Å². The second-order valence-corrected chi connectivity index (χ2v) is 6.78. The first kappa shape index (κ1) is 18.1. The summed E-state index contributed by atoms with van der Waals surface area (Å²) in [6.07, 6.45) is -0.121. The van der Waals surface area contributed by atoms with E-state index in [4.69, 9.17) is 0 Å². The fourth-order valence-corrected chi connectivity index (χ4v) is 3.54. The van der Waals surface area contributed by atoms with Crippen molar-refractivity contribution in [1.82, 2.24) is 4.90 Å². The SMILES string of the molecule is CN1C(=O)[C@@H](CC(=O)Nc2ccccc2F)SC1=Nc1cccc(F)c1. The molecule has 8 heteroatoms. The summed E-state index contributed by atoms with van der Waals surface area (Å²) in [5.74, 6) is -1.73. The van der Waals surface area contributed by atoms with Crippen LogP contribution in [-0.2, 0) is 9.59 Å². The Bertz CT molecular complexity index is 888. The molecule has 5 nitrogen and oxygen atoms in total. The number of carbonyl (C=O) groups excluding carboxylic acids is 2. The number of aliphatic imine (C=N–C) groups is 1. The predicted octanol–water partition coefficient (Wildman–Crippen LogP) is 3.55. The molecule has 2 aromatic carbocycles. The van der Waals surface area contributed by atoms with Gasteiger partial charge >= 0.3 is 0 Å². The van der Waals surface area contributed by atoms with Crippen molar-refractivity contribution >= 4 is 40.1 Å². The first-order valence-corrected chi connectivity index (χ1v) is 8.65. The van der Waals surface area contributed by atoms with Gasteiger partial charge in [-0.1, -0.05) is 30.0 Å². The molecule has 134 valence electrons. The molecule has 26 heavy (non-hydrogen) atoms. The second kappa shape index (κ2) is 7.65. The lowest BCUT2D eigenvalue weighted by Gasteiger charge is -2.09. The van der Waals surface area contributed by atoms with Gasteiger partial charge in [-0.3, -0.25) is 14.5 Å². The smallest absolute Gasteiger partial charge is 0.242 e. The molecule has 1 atom stereocenters. The fraction of sp³-hybridized carbons (Fsp3) is 0.167. The van der Waals surface area contributed by atoms with Crippen molar-refractivity contribution in [2.75, 3.05) is 12.4 Å². The summed E-state index contributed by atoms with van der Waals surface area (Å²) >= 11 is 1.12. The van der Waals surface area contributed by atoms with Crippen LogP contribution in [0.2, 0.25) is 0 Å². The zero-order valence-electron chi connectivity index (χ0n) is 13.8.